The van der Waals surface area contributed by atoms with E-state index in [9.17, 15) is 19.8 Å². The van der Waals surface area contributed by atoms with E-state index in [1.54, 1.807) is 13.8 Å². The lowest BCUT2D eigenvalue weighted by Gasteiger charge is -2.16. The van der Waals surface area contributed by atoms with Gasteiger partial charge in [-0.3, -0.25) is 4.79 Å². The second-order valence-corrected chi connectivity index (χ2v) is 4.84. The van der Waals surface area contributed by atoms with E-state index in [2.05, 4.69) is 9.97 Å². The summed E-state index contributed by atoms with van der Waals surface area (Å²) in [5, 5.41) is 18.8. The van der Waals surface area contributed by atoms with E-state index in [4.69, 9.17) is 0 Å². The maximum Gasteiger partial charge on any atom is 0.345 e. The fourth-order valence-corrected chi connectivity index (χ4v) is 2.25. The van der Waals surface area contributed by atoms with Crippen LogP contribution in [-0.2, 0) is 11.2 Å². The Morgan fingerprint density at radius 3 is 2.47 bits per heavy atom. The second-order valence-electron chi connectivity index (χ2n) is 4.84. The van der Waals surface area contributed by atoms with E-state index in [0.29, 0.717) is 17.0 Å². The van der Waals surface area contributed by atoms with Crippen molar-refractivity contribution in [1.29, 1.82) is 0 Å². The van der Waals surface area contributed by atoms with Gasteiger partial charge in [-0.25, -0.2) is 4.79 Å². The number of β-amino-alcohol motifs (C(OH)–C–C–N with tert-alkyl or cyclic N) is 2. The summed E-state index contributed by atoms with van der Waals surface area (Å²) < 4.78 is 0. The van der Waals surface area contributed by atoms with Crippen molar-refractivity contribution < 1.29 is 15.0 Å². The van der Waals surface area contributed by atoms with Crippen LogP contribution in [0.1, 0.15) is 17.0 Å². The molecule has 0 radical (unpaired) electrons. The van der Waals surface area contributed by atoms with E-state index in [0.717, 1.165) is 0 Å². The van der Waals surface area contributed by atoms with E-state index in [1.165, 1.54) is 4.90 Å². The van der Waals surface area contributed by atoms with Gasteiger partial charge < -0.3 is 20.1 Å². The Morgan fingerprint density at radius 1 is 1.37 bits per heavy atom. The van der Waals surface area contributed by atoms with Crippen molar-refractivity contribution in [2.45, 2.75) is 32.5 Å². The standard InChI is InChI=1S/C12H17N3O4/c1-6-8(7(2)14-12(19)13-6)3-11(18)15-4-9(16)10(17)5-15/h9-10,16-17H,3-5H2,1-2H3,(H,13,14,19). The van der Waals surface area contributed by atoms with E-state index in [1.807, 2.05) is 0 Å². The van der Waals surface area contributed by atoms with Crippen LogP contribution in [-0.4, -0.2) is 56.3 Å². The first kappa shape index (κ1) is 13.7. The van der Waals surface area contributed by atoms with Crippen LogP contribution in [0.3, 0.4) is 0 Å². The molecule has 0 aromatic carbocycles. The normalized spacial score (nSPS) is 22.8. The van der Waals surface area contributed by atoms with E-state index >= 15 is 0 Å². The van der Waals surface area contributed by atoms with Gasteiger partial charge in [-0.2, -0.15) is 4.98 Å². The number of carbonyl (C=O) groups is 1. The number of aryl methyl sites for hydroxylation is 2. The third kappa shape index (κ3) is 2.82. The Kier molecular flexibility index (Phi) is 3.68. The van der Waals surface area contributed by atoms with Gasteiger partial charge in [-0.15, -0.1) is 0 Å². The van der Waals surface area contributed by atoms with Crippen molar-refractivity contribution in [3.8, 4) is 0 Å². The van der Waals surface area contributed by atoms with Gasteiger partial charge >= 0.3 is 5.69 Å². The molecule has 1 fully saturated rings. The van der Waals surface area contributed by atoms with Crippen LogP contribution < -0.4 is 5.69 Å². The zero-order chi connectivity index (χ0) is 14.2. The third-order valence-electron chi connectivity index (χ3n) is 3.39. The van der Waals surface area contributed by atoms with E-state index in [-0.39, 0.29) is 25.4 Å². The van der Waals surface area contributed by atoms with Crippen LogP contribution in [0.5, 0.6) is 0 Å². The van der Waals surface area contributed by atoms with Crippen LogP contribution in [0.2, 0.25) is 0 Å². The Morgan fingerprint density at radius 2 is 1.95 bits per heavy atom. The average molecular weight is 267 g/mol. The lowest BCUT2D eigenvalue weighted by molar-refractivity contribution is -0.130. The number of rotatable bonds is 2. The predicted octanol–water partition coefficient (Wildman–Crippen LogP) is -1.51. The maximum atomic E-state index is 12.1. The molecule has 1 aliphatic rings. The molecule has 0 spiro atoms. The van der Waals surface area contributed by atoms with Gasteiger partial charge in [-0.05, 0) is 13.8 Å². The molecular weight excluding hydrogens is 250 g/mol. The molecule has 7 heteroatoms. The van der Waals surface area contributed by atoms with Gasteiger partial charge in [0.15, 0.2) is 0 Å². The summed E-state index contributed by atoms with van der Waals surface area (Å²) in [5.74, 6) is -0.198. The Bertz CT molecular complexity index is 518. The Balaban J connectivity index is 2.14. The van der Waals surface area contributed by atoms with Crippen LogP contribution in [0.25, 0.3) is 0 Å². The molecule has 0 aliphatic carbocycles. The minimum atomic E-state index is -0.889. The first-order valence-electron chi connectivity index (χ1n) is 6.08. The number of H-pyrrole nitrogens is 1. The molecule has 104 valence electrons. The zero-order valence-electron chi connectivity index (χ0n) is 10.9. The molecule has 19 heavy (non-hydrogen) atoms. The summed E-state index contributed by atoms with van der Waals surface area (Å²) in [4.78, 5) is 31.0. The Hall–Kier alpha value is -1.73. The molecule has 2 unspecified atom stereocenters. The maximum absolute atomic E-state index is 12.1. The lowest BCUT2D eigenvalue weighted by atomic mass is 10.1. The zero-order valence-corrected chi connectivity index (χ0v) is 10.9. The van der Waals surface area contributed by atoms with Crippen molar-refractivity contribution in [3.63, 3.8) is 0 Å². The van der Waals surface area contributed by atoms with Gasteiger partial charge in [0.25, 0.3) is 0 Å². The second kappa shape index (κ2) is 5.10. The van der Waals surface area contributed by atoms with E-state index < -0.39 is 17.9 Å². The molecule has 3 N–H and O–H groups in total. The minimum Gasteiger partial charge on any atom is -0.388 e. The molecule has 1 aromatic rings. The molecule has 1 saturated heterocycles. The summed E-state index contributed by atoms with van der Waals surface area (Å²) >= 11 is 0. The molecular formula is C12H17N3O4. The molecule has 0 saturated carbocycles. The number of aliphatic hydroxyl groups excluding tert-OH is 2. The molecule has 0 bridgehead atoms. The van der Waals surface area contributed by atoms with Crippen molar-refractivity contribution in [2.75, 3.05) is 13.1 Å². The third-order valence-corrected chi connectivity index (χ3v) is 3.39. The fourth-order valence-electron chi connectivity index (χ4n) is 2.25. The predicted molar refractivity (Wildman–Crippen MR) is 66.6 cm³/mol. The van der Waals surface area contributed by atoms with Crippen molar-refractivity contribution in [2.24, 2.45) is 0 Å². The van der Waals surface area contributed by atoms with Crippen molar-refractivity contribution >= 4 is 5.91 Å². The summed E-state index contributed by atoms with van der Waals surface area (Å²) in [6, 6.07) is 0. The highest BCUT2D eigenvalue weighted by Gasteiger charge is 2.32. The van der Waals surface area contributed by atoms with Gasteiger partial charge in [0.05, 0.1) is 18.6 Å². The van der Waals surface area contributed by atoms with Gasteiger partial charge in [0.2, 0.25) is 5.91 Å². The number of hydrogen-bond acceptors (Lipinski definition) is 5. The number of aromatic nitrogens is 2. The highest BCUT2D eigenvalue weighted by Crippen LogP contribution is 2.14. The topological polar surface area (TPSA) is 107 Å². The van der Waals surface area contributed by atoms with Gasteiger partial charge in [0, 0.05) is 30.0 Å². The SMILES string of the molecule is Cc1nc(=O)[nH]c(C)c1CC(=O)N1CC(O)C(O)C1. The number of nitrogens with zero attached hydrogens (tertiary/aromatic N) is 2. The van der Waals surface area contributed by atoms with Crippen molar-refractivity contribution in [1.82, 2.24) is 14.9 Å². The first-order chi connectivity index (χ1) is 8.88. The molecule has 2 rings (SSSR count). The van der Waals surface area contributed by atoms with Crippen LogP contribution in [0.4, 0.5) is 0 Å². The number of amides is 1. The molecule has 2 heterocycles. The largest absolute Gasteiger partial charge is 0.388 e. The minimum absolute atomic E-state index is 0.0981. The number of hydrogen-bond donors (Lipinski definition) is 3. The highest BCUT2D eigenvalue weighted by atomic mass is 16.3. The molecule has 1 aromatic heterocycles. The number of likely N-dealkylation sites (tertiary alicyclic amines) is 1. The lowest BCUT2D eigenvalue weighted by Crippen LogP contribution is -2.32. The number of carbonyl (C=O) groups excluding carboxylic acids is 1. The van der Waals surface area contributed by atoms with Crippen LogP contribution in [0, 0.1) is 13.8 Å². The Labute approximate surface area is 109 Å². The molecule has 1 amide bonds. The van der Waals surface area contributed by atoms with Crippen molar-refractivity contribution in [3.05, 3.63) is 27.4 Å². The van der Waals surface area contributed by atoms with Gasteiger partial charge in [-0.1, -0.05) is 0 Å². The summed E-state index contributed by atoms with van der Waals surface area (Å²) in [7, 11) is 0. The smallest absolute Gasteiger partial charge is 0.345 e. The number of nitrogens with one attached hydrogen (secondary N) is 1. The van der Waals surface area contributed by atoms with Crippen LogP contribution in [0.15, 0.2) is 4.79 Å². The summed E-state index contributed by atoms with van der Waals surface area (Å²) in [6.07, 6.45) is -1.68. The summed E-state index contributed by atoms with van der Waals surface area (Å²) in [6.45, 7) is 3.66. The highest BCUT2D eigenvalue weighted by molar-refractivity contribution is 5.79. The quantitative estimate of drug-likeness (QED) is 0.604. The molecule has 2 atom stereocenters. The monoisotopic (exact) mass is 267 g/mol. The molecule has 7 nitrogen and oxygen atoms in total. The fraction of sp³-hybridized carbons (Fsp3) is 0.583. The summed E-state index contributed by atoms with van der Waals surface area (Å²) in [5.41, 5.74) is 1.39. The number of aliphatic hydroxyl groups is 2. The van der Waals surface area contributed by atoms with Gasteiger partial charge in [0.1, 0.15) is 0 Å². The molecule has 1 aliphatic heterocycles. The number of aromatic amines is 1. The first-order valence-corrected chi connectivity index (χ1v) is 6.08. The van der Waals surface area contributed by atoms with Crippen LogP contribution >= 0.6 is 0 Å². The average Bonchev–Trinajstić information content (AvgIpc) is 2.64.